The highest BCUT2D eigenvalue weighted by molar-refractivity contribution is 6.05. The van der Waals surface area contributed by atoms with Gasteiger partial charge in [0.2, 0.25) is 0 Å². The summed E-state index contributed by atoms with van der Waals surface area (Å²) in [7, 11) is 1.81. The van der Waals surface area contributed by atoms with Crippen molar-refractivity contribution in [3.63, 3.8) is 0 Å². The van der Waals surface area contributed by atoms with Crippen LogP contribution in [0.15, 0.2) is 36.4 Å². The van der Waals surface area contributed by atoms with Gasteiger partial charge in [-0.15, -0.1) is 0 Å². The second-order valence-electron chi connectivity index (χ2n) is 5.78. The molecule has 0 N–H and O–H groups in total. The van der Waals surface area contributed by atoms with Crippen LogP contribution >= 0.6 is 0 Å². The van der Waals surface area contributed by atoms with E-state index in [1.54, 1.807) is 4.68 Å². The van der Waals surface area contributed by atoms with Gasteiger partial charge in [0.05, 0.1) is 12.3 Å². The van der Waals surface area contributed by atoms with Crippen molar-refractivity contribution in [1.82, 2.24) is 9.78 Å². The highest BCUT2D eigenvalue weighted by Crippen LogP contribution is 2.22. The van der Waals surface area contributed by atoms with Crippen LogP contribution in [-0.4, -0.2) is 35.4 Å². The van der Waals surface area contributed by atoms with E-state index in [1.807, 2.05) is 55.3 Å². The summed E-state index contributed by atoms with van der Waals surface area (Å²) < 4.78 is 7.10. The lowest BCUT2D eigenvalue weighted by molar-refractivity contribution is 0.0972. The monoisotopic (exact) mass is 299 g/mol. The molecule has 1 fully saturated rings. The first-order chi connectivity index (χ1) is 10.6. The van der Waals surface area contributed by atoms with Crippen molar-refractivity contribution in [1.29, 1.82) is 0 Å². The molecule has 1 amide bonds. The van der Waals surface area contributed by atoms with Crippen molar-refractivity contribution >= 4 is 11.6 Å². The molecule has 5 heteroatoms. The van der Waals surface area contributed by atoms with Crippen LogP contribution in [0.25, 0.3) is 0 Å². The molecule has 1 aliphatic heterocycles. The Hall–Kier alpha value is -2.14. The number of hydrogen-bond acceptors (Lipinski definition) is 3. The second-order valence-corrected chi connectivity index (χ2v) is 5.78. The SMILES string of the molecule is Cc1cc(C(=O)N(C[C@H]2CCOC2)c2ccccc2)n(C)n1. The molecule has 1 saturated heterocycles. The zero-order chi connectivity index (χ0) is 15.5. The maximum Gasteiger partial charge on any atom is 0.276 e. The van der Waals surface area contributed by atoms with Crippen molar-refractivity contribution in [2.75, 3.05) is 24.7 Å². The lowest BCUT2D eigenvalue weighted by Gasteiger charge is -2.25. The number of anilines is 1. The van der Waals surface area contributed by atoms with Gasteiger partial charge < -0.3 is 9.64 Å². The van der Waals surface area contributed by atoms with Crippen molar-refractivity contribution in [2.45, 2.75) is 13.3 Å². The van der Waals surface area contributed by atoms with Gasteiger partial charge in [-0.2, -0.15) is 5.10 Å². The Kier molecular flexibility index (Phi) is 4.24. The van der Waals surface area contributed by atoms with Crippen LogP contribution in [0.4, 0.5) is 5.69 Å². The van der Waals surface area contributed by atoms with E-state index < -0.39 is 0 Å². The lowest BCUT2D eigenvalue weighted by Crippen LogP contribution is -2.36. The number of carbonyl (C=O) groups excluding carboxylic acids is 1. The Bertz CT molecular complexity index is 645. The van der Waals surface area contributed by atoms with Crippen LogP contribution in [0.3, 0.4) is 0 Å². The molecule has 1 aromatic heterocycles. The molecule has 0 saturated carbocycles. The average Bonchev–Trinajstić information content (AvgIpc) is 3.14. The highest BCUT2D eigenvalue weighted by Gasteiger charge is 2.26. The van der Waals surface area contributed by atoms with Gasteiger partial charge in [0, 0.05) is 31.8 Å². The Morgan fingerprint density at radius 1 is 1.41 bits per heavy atom. The lowest BCUT2D eigenvalue weighted by atomic mass is 10.1. The molecule has 0 bridgehead atoms. The molecule has 1 aliphatic rings. The number of hydrogen-bond donors (Lipinski definition) is 0. The largest absolute Gasteiger partial charge is 0.381 e. The molecular formula is C17H21N3O2. The quantitative estimate of drug-likeness (QED) is 0.871. The van der Waals surface area contributed by atoms with E-state index >= 15 is 0 Å². The standard InChI is InChI=1S/C17H21N3O2/c1-13-10-16(19(2)18-13)17(21)20(11-14-8-9-22-12-14)15-6-4-3-5-7-15/h3-7,10,14H,8-9,11-12H2,1-2H3/t14-/m1/s1. The fraction of sp³-hybridized carbons (Fsp3) is 0.412. The first-order valence-corrected chi connectivity index (χ1v) is 7.60. The molecule has 0 radical (unpaired) electrons. The maximum atomic E-state index is 13.0. The number of rotatable bonds is 4. The van der Waals surface area contributed by atoms with E-state index in [0.29, 0.717) is 18.2 Å². The first kappa shape index (κ1) is 14.8. The molecule has 22 heavy (non-hydrogen) atoms. The maximum absolute atomic E-state index is 13.0. The summed E-state index contributed by atoms with van der Waals surface area (Å²) in [5.74, 6) is 0.375. The molecule has 116 valence electrons. The van der Waals surface area contributed by atoms with E-state index in [-0.39, 0.29) is 5.91 Å². The third kappa shape index (κ3) is 3.04. The van der Waals surface area contributed by atoms with Crippen LogP contribution in [0.1, 0.15) is 22.6 Å². The zero-order valence-corrected chi connectivity index (χ0v) is 13.0. The van der Waals surface area contributed by atoms with Gasteiger partial charge in [0.15, 0.2) is 0 Å². The fourth-order valence-electron chi connectivity index (χ4n) is 2.85. The molecule has 0 spiro atoms. The summed E-state index contributed by atoms with van der Waals surface area (Å²) in [4.78, 5) is 14.8. The topological polar surface area (TPSA) is 47.4 Å². The number of aromatic nitrogens is 2. The van der Waals surface area contributed by atoms with E-state index in [9.17, 15) is 4.79 Å². The number of ether oxygens (including phenoxy) is 1. The van der Waals surface area contributed by atoms with Crippen LogP contribution in [-0.2, 0) is 11.8 Å². The number of nitrogens with zero attached hydrogens (tertiary/aromatic N) is 3. The predicted molar refractivity (Wildman–Crippen MR) is 85.0 cm³/mol. The van der Waals surface area contributed by atoms with Crippen molar-refractivity contribution < 1.29 is 9.53 Å². The van der Waals surface area contributed by atoms with E-state index in [2.05, 4.69) is 5.10 Å². The van der Waals surface area contributed by atoms with Crippen molar-refractivity contribution in [2.24, 2.45) is 13.0 Å². The third-order valence-electron chi connectivity index (χ3n) is 4.00. The summed E-state index contributed by atoms with van der Waals surface area (Å²) in [6.45, 7) is 4.08. The van der Waals surface area contributed by atoms with Crippen LogP contribution in [0.2, 0.25) is 0 Å². The summed E-state index contributed by atoms with van der Waals surface area (Å²) in [5, 5.41) is 4.28. The number of aryl methyl sites for hydroxylation is 2. The van der Waals surface area contributed by atoms with Crippen LogP contribution in [0, 0.1) is 12.8 Å². The number of amides is 1. The summed E-state index contributed by atoms with van der Waals surface area (Å²) in [5.41, 5.74) is 2.38. The Balaban J connectivity index is 1.90. The van der Waals surface area contributed by atoms with Crippen molar-refractivity contribution in [3.8, 4) is 0 Å². The Morgan fingerprint density at radius 3 is 2.77 bits per heavy atom. The van der Waals surface area contributed by atoms with E-state index in [0.717, 1.165) is 31.0 Å². The zero-order valence-electron chi connectivity index (χ0n) is 13.0. The van der Waals surface area contributed by atoms with E-state index in [4.69, 9.17) is 4.74 Å². The Morgan fingerprint density at radius 2 is 2.18 bits per heavy atom. The predicted octanol–water partition coefficient (Wildman–Crippen LogP) is 2.41. The molecule has 5 nitrogen and oxygen atoms in total. The minimum Gasteiger partial charge on any atom is -0.381 e. The van der Waals surface area contributed by atoms with Gasteiger partial charge in [-0.05, 0) is 31.5 Å². The minimum absolute atomic E-state index is 0.0128. The first-order valence-electron chi connectivity index (χ1n) is 7.60. The van der Waals surface area contributed by atoms with Gasteiger partial charge in [-0.1, -0.05) is 18.2 Å². The number of benzene rings is 1. The van der Waals surface area contributed by atoms with Gasteiger partial charge in [0.25, 0.3) is 5.91 Å². The summed E-state index contributed by atoms with van der Waals surface area (Å²) >= 11 is 0. The van der Waals surface area contributed by atoms with Crippen LogP contribution < -0.4 is 4.90 Å². The molecule has 2 heterocycles. The van der Waals surface area contributed by atoms with Gasteiger partial charge in [-0.25, -0.2) is 0 Å². The normalized spacial score (nSPS) is 17.6. The van der Waals surface area contributed by atoms with Gasteiger partial charge in [0.1, 0.15) is 5.69 Å². The van der Waals surface area contributed by atoms with Gasteiger partial charge in [-0.3, -0.25) is 9.48 Å². The Labute approximate surface area is 130 Å². The highest BCUT2D eigenvalue weighted by atomic mass is 16.5. The van der Waals surface area contributed by atoms with Crippen LogP contribution in [0.5, 0.6) is 0 Å². The fourth-order valence-corrected chi connectivity index (χ4v) is 2.85. The second kappa shape index (κ2) is 6.32. The van der Waals surface area contributed by atoms with E-state index in [1.165, 1.54) is 0 Å². The molecule has 1 atom stereocenters. The minimum atomic E-state index is -0.0128. The van der Waals surface area contributed by atoms with Crippen molar-refractivity contribution in [3.05, 3.63) is 47.8 Å². The molecule has 0 unspecified atom stereocenters. The molecular weight excluding hydrogens is 278 g/mol. The number of para-hydroxylation sites is 1. The number of carbonyl (C=O) groups is 1. The molecule has 0 aliphatic carbocycles. The van der Waals surface area contributed by atoms with Gasteiger partial charge >= 0.3 is 0 Å². The summed E-state index contributed by atoms with van der Waals surface area (Å²) in [6.07, 6.45) is 1.00. The third-order valence-corrected chi connectivity index (χ3v) is 4.00. The molecule has 1 aromatic carbocycles. The molecule has 3 rings (SSSR count). The molecule has 2 aromatic rings. The summed E-state index contributed by atoms with van der Waals surface area (Å²) in [6, 6.07) is 11.6. The average molecular weight is 299 g/mol. The smallest absolute Gasteiger partial charge is 0.276 e.